The molecule has 0 saturated heterocycles. The van der Waals surface area contributed by atoms with E-state index in [0.29, 0.717) is 17.0 Å². The number of rotatable bonds is 9. The van der Waals surface area contributed by atoms with Crippen molar-refractivity contribution in [3.05, 3.63) is 59.9 Å². The van der Waals surface area contributed by atoms with Crippen molar-refractivity contribution in [1.82, 2.24) is 29.4 Å². The molecular formula is C27H35N7O6S. The van der Waals surface area contributed by atoms with E-state index in [9.17, 15) is 23.1 Å². The molecule has 13 nitrogen and oxygen atoms in total. The predicted molar refractivity (Wildman–Crippen MR) is 149 cm³/mol. The Morgan fingerprint density at radius 3 is 2.63 bits per heavy atom. The number of sulfonamides is 1. The second-order valence-electron chi connectivity index (χ2n) is 10.4. The van der Waals surface area contributed by atoms with E-state index in [1.54, 1.807) is 54.3 Å². The van der Waals surface area contributed by atoms with E-state index in [0.717, 1.165) is 5.56 Å². The maximum absolute atomic E-state index is 13.4. The van der Waals surface area contributed by atoms with Crippen molar-refractivity contribution in [3.8, 4) is 5.75 Å². The molecule has 2 amide bonds. The van der Waals surface area contributed by atoms with E-state index in [1.807, 2.05) is 13.8 Å². The van der Waals surface area contributed by atoms with Crippen molar-refractivity contribution in [1.29, 1.82) is 0 Å². The van der Waals surface area contributed by atoms with E-state index in [-0.39, 0.29) is 55.3 Å². The van der Waals surface area contributed by atoms with Crippen molar-refractivity contribution in [2.24, 2.45) is 5.92 Å². The Morgan fingerprint density at radius 2 is 1.98 bits per heavy atom. The average molecular weight is 586 g/mol. The molecule has 0 unspecified atom stereocenters. The summed E-state index contributed by atoms with van der Waals surface area (Å²) in [5, 5.41) is 23.3. The number of amides is 2. The number of ether oxygens (including phenoxy) is 1. The monoisotopic (exact) mass is 585 g/mol. The lowest BCUT2D eigenvalue weighted by atomic mass is 10.0. The van der Waals surface area contributed by atoms with E-state index >= 15 is 0 Å². The molecular weight excluding hydrogens is 550 g/mol. The standard InChI is InChI=1S/C27H35N7O6S/c1-18-5-8-23(9-6-18)41(38,39)32(4)14-25-19(2)13-34(20(3)16-35)27(37)12-21-11-22(7-10-24(21)40-25)29-26(36)15-33-17-28-30-31-33/h5-11,17,19-20,25,35H,12-16H2,1-4H3,(H,29,36)/t19-,20-,25+/m1/s1. The molecule has 14 heteroatoms. The molecule has 3 aromatic rings. The molecule has 0 bridgehead atoms. The van der Waals surface area contributed by atoms with Crippen LogP contribution in [0.4, 0.5) is 5.69 Å². The number of carbonyl (C=O) groups excluding carboxylic acids is 2. The molecule has 0 aliphatic carbocycles. The molecule has 1 aromatic heterocycles. The van der Waals surface area contributed by atoms with Crippen molar-refractivity contribution in [2.45, 2.75) is 50.8 Å². The van der Waals surface area contributed by atoms with Crippen LogP contribution in [0.25, 0.3) is 0 Å². The van der Waals surface area contributed by atoms with Crippen LogP contribution >= 0.6 is 0 Å². The largest absolute Gasteiger partial charge is 0.488 e. The number of aryl methyl sites for hydroxylation is 1. The SMILES string of the molecule is Cc1ccc(S(=O)(=O)N(C)C[C@@H]2Oc3ccc(NC(=O)Cn4cnnn4)cc3CC(=O)N([C@H](C)CO)C[C@H]2C)cc1. The number of aliphatic hydroxyl groups excluding tert-OH is 1. The van der Waals surface area contributed by atoms with Gasteiger partial charge in [-0.25, -0.2) is 13.1 Å². The third-order valence-electron chi connectivity index (χ3n) is 7.06. The maximum Gasteiger partial charge on any atom is 0.246 e. The topological polar surface area (TPSA) is 160 Å². The second kappa shape index (κ2) is 12.7. The Bertz CT molecular complexity index is 1460. The zero-order valence-electron chi connectivity index (χ0n) is 23.5. The van der Waals surface area contributed by atoms with Crippen molar-refractivity contribution >= 4 is 27.5 Å². The van der Waals surface area contributed by atoms with Gasteiger partial charge in [-0.15, -0.1) is 5.10 Å². The van der Waals surface area contributed by atoms with Gasteiger partial charge in [0, 0.05) is 30.8 Å². The number of nitrogens with zero attached hydrogens (tertiary/aromatic N) is 6. The lowest BCUT2D eigenvalue weighted by Crippen LogP contribution is -2.48. The molecule has 4 rings (SSSR count). The Kier molecular flexibility index (Phi) is 9.35. The maximum atomic E-state index is 13.4. The smallest absolute Gasteiger partial charge is 0.246 e. The summed E-state index contributed by atoms with van der Waals surface area (Å²) in [5.74, 6) is -0.460. The summed E-state index contributed by atoms with van der Waals surface area (Å²) in [6.45, 7) is 5.48. The van der Waals surface area contributed by atoms with Crippen LogP contribution in [0.3, 0.4) is 0 Å². The summed E-state index contributed by atoms with van der Waals surface area (Å²) >= 11 is 0. The minimum Gasteiger partial charge on any atom is -0.488 e. The van der Waals surface area contributed by atoms with Gasteiger partial charge in [-0.1, -0.05) is 24.6 Å². The summed E-state index contributed by atoms with van der Waals surface area (Å²) in [6, 6.07) is 11.2. The molecule has 1 aliphatic rings. The van der Waals surface area contributed by atoms with Crippen LogP contribution in [-0.4, -0.2) is 93.6 Å². The first kappa shape index (κ1) is 30.1. The number of fused-ring (bicyclic) bond motifs is 1. The average Bonchev–Trinajstić information content (AvgIpc) is 3.45. The van der Waals surface area contributed by atoms with Crippen LogP contribution in [-0.2, 0) is 32.6 Å². The summed E-state index contributed by atoms with van der Waals surface area (Å²) in [5.41, 5.74) is 1.92. The fraction of sp³-hybridized carbons (Fsp3) is 0.444. The fourth-order valence-corrected chi connectivity index (χ4v) is 5.75. The Balaban J connectivity index is 1.62. The van der Waals surface area contributed by atoms with Gasteiger partial charge >= 0.3 is 0 Å². The van der Waals surface area contributed by atoms with Crippen LogP contribution in [0.1, 0.15) is 25.0 Å². The van der Waals surface area contributed by atoms with Gasteiger partial charge in [-0.3, -0.25) is 9.59 Å². The number of nitrogens with one attached hydrogen (secondary N) is 1. The molecule has 1 aliphatic heterocycles. The lowest BCUT2D eigenvalue weighted by molar-refractivity contribution is -0.134. The highest BCUT2D eigenvalue weighted by Crippen LogP contribution is 2.30. The van der Waals surface area contributed by atoms with E-state index < -0.39 is 22.2 Å². The van der Waals surface area contributed by atoms with Crippen LogP contribution in [0.2, 0.25) is 0 Å². The normalized spacial score (nSPS) is 18.6. The van der Waals surface area contributed by atoms with Crippen LogP contribution < -0.4 is 10.1 Å². The van der Waals surface area contributed by atoms with Crippen LogP contribution in [0.15, 0.2) is 53.7 Å². The number of tetrazole rings is 1. The first-order valence-corrected chi connectivity index (χ1v) is 14.7. The molecule has 0 radical (unpaired) electrons. The van der Waals surface area contributed by atoms with Gasteiger partial charge in [0.2, 0.25) is 21.8 Å². The Morgan fingerprint density at radius 1 is 1.24 bits per heavy atom. The van der Waals surface area contributed by atoms with Crippen LogP contribution in [0, 0.1) is 12.8 Å². The molecule has 220 valence electrons. The molecule has 0 spiro atoms. The predicted octanol–water partition coefficient (Wildman–Crippen LogP) is 1.09. The van der Waals surface area contributed by atoms with Gasteiger partial charge in [0.1, 0.15) is 24.7 Å². The Labute approximate surface area is 239 Å². The Hall–Kier alpha value is -3.88. The molecule has 0 saturated carbocycles. The van der Waals surface area contributed by atoms with E-state index in [4.69, 9.17) is 4.74 Å². The fourth-order valence-electron chi connectivity index (χ4n) is 4.57. The highest BCUT2D eigenvalue weighted by atomic mass is 32.2. The number of aromatic nitrogens is 4. The number of hydrogen-bond acceptors (Lipinski definition) is 9. The number of benzene rings is 2. The summed E-state index contributed by atoms with van der Waals surface area (Å²) in [4.78, 5) is 27.7. The minimum absolute atomic E-state index is 0.0246. The van der Waals surface area contributed by atoms with Crippen LogP contribution in [0.5, 0.6) is 5.75 Å². The molecule has 2 aromatic carbocycles. The number of carbonyl (C=O) groups is 2. The minimum atomic E-state index is -3.80. The zero-order valence-corrected chi connectivity index (χ0v) is 24.3. The van der Waals surface area contributed by atoms with Gasteiger partial charge in [0.15, 0.2) is 0 Å². The van der Waals surface area contributed by atoms with Gasteiger partial charge in [0.25, 0.3) is 0 Å². The number of aliphatic hydroxyl groups is 1. The summed E-state index contributed by atoms with van der Waals surface area (Å²) in [6.07, 6.45) is 0.663. The summed E-state index contributed by atoms with van der Waals surface area (Å²) < 4.78 is 35.6. The highest BCUT2D eigenvalue weighted by Gasteiger charge is 2.33. The molecule has 41 heavy (non-hydrogen) atoms. The third kappa shape index (κ3) is 7.26. The molecule has 3 atom stereocenters. The van der Waals surface area contributed by atoms with Gasteiger partial charge in [-0.05, 0) is 54.6 Å². The second-order valence-corrected chi connectivity index (χ2v) is 12.4. The van der Waals surface area contributed by atoms with E-state index in [1.165, 1.54) is 22.4 Å². The zero-order chi connectivity index (χ0) is 29.7. The number of anilines is 1. The highest BCUT2D eigenvalue weighted by molar-refractivity contribution is 7.89. The first-order valence-electron chi connectivity index (χ1n) is 13.2. The van der Waals surface area contributed by atoms with Crippen molar-refractivity contribution in [2.75, 3.05) is 32.1 Å². The molecule has 2 N–H and O–H groups in total. The third-order valence-corrected chi connectivity index (χ3v) is 8.90. The van der Waals surface area contributed by atoms with Gasteiger partial charge in [0.05, 0.1) is 30.5 Å². The van der Waals surface area contributed by atoms with Crippen molar-refractivity contribution < 1.29 is 27.9 Å². The summed E-state index contributed by atoms with van der Waals surface area (Å²) in [7, 11) is -2.30. The van der Waals surface area contributed by atoms with Gasteiger partial charge < -0.3 is 20.1 Å². The first-order chi connectivity index (χ1) is 19.5. The van der Waals surface area contributed by atoms with E-state index in [2.05, 4.69) is 20.8 Å². The molecule has 0 fully saturated rings. The quantitative estimate of drug-likeness (QED) is 0.375. The number of likely N-dealkylation sites (N-methyl/N-ethyl adjacent to an activating group) is 1. The van der Waals surface area contributed by atoms with Crippen molar-refractivity contribution in [3.63, 3.8) is 0 Å². The number of hydrogen-bond donors (Lipinski definition) is 2. The molecule has 2 heterocycles. The van der Waals surface area contributed by atoms with Gasteiger partial charge in [-0.2, -0.15) is 4.31 Å². The lowest BCUT2D eigenvalue weighted by Gasteiger charge is -2.33.